The molecule has 0 spiro atoms. The number of halogens is 1. The Labute approximate surface area is 161 Å². The van der Waals surface area contributed by atoms with Gasteiger partial charge in [0.1, 0.15) is 16.8 Å². The maximum atomic E-state index is 12.9. The molecule has 1 amide bonds. The van der Waals surface area contributed by atoms with Gasteiger partial charge in [-0.15, -0.1) is 11.8 Å². The first kappa shape index (κ1) is 18.4. The van der Waals surface area contributed by atoms with Crippen molar-refractivity contribution in [3.05, 3.63) is 83.3 Å². The van der Waals surface area contributed by atoms with Gasteiger partial charge in [0.15, 0.2) is 0 Å². The van der Waals surface area contributed by atoms with Crippen LogP contribution in [0.4, 0.5) is 5.69 Å². The number of carbonyl (C=O) groups is 1. The molecule has 3 aromatic rings. The highest BCUT2D eigenvalue weighted by molar-refractivity contribution is 7.99. The Kier molecular flexibility index (Phi) is 6.26. The van der Waals surface area contributed by atoms with Crippen molar-refractivity contribution >= 4 is 35.0 Å². The maximum Gasteiger partial charge on any atom is 0.242 e. The van der Waals surface area contributed by atoms with Gasteiger partial charge in [-0.1, -0.05) is 41.9 Å². The van der Waals surface area contributed by atoms with E-state index >= 15 is 0 Å². The van der Waals surface area contributed by atoms with E-state index in [4.69, 9.17) is 20.8 Å². The molecule has 0 fully saturated rings. The second-order valence-electron chi connectivity index (χ2n) is 5.52. The lowest BCUT2D eigenvalue weighted by Crippen LogP contribution is -2.19. The number of furan rings is 1. The topological polar surface area (TPSA) is 51.5 Å². The number of ether oxygens (including phenoxy) is 1. The number of benzene rings is 2. The van der Waals surface area contributed by atoms with E-state index in [1.807, 2.05) is 42.5 Å². The number of hydrogen-bond donors (Lipinski definition) is 1. The van der Waals surface area contributed by atoms with Crippen LogP contribution in [0.25, 0.3) is 0 Å². The fourth-order valence-electron chi connectivity index (χ4n) is 2.46. The summed E-state index contributed by atoms with van der Waals surface area (Å²) in [5, 5.41) is 3.01. The Hall–Kier alpha value is -2.37. The van der Waals surface area contributed by atoms with Gasteiger partial charge in [0, 0.05) is 5.69 Å². The second-order valence-corrected chi connectivity index (χ2v) is 7.02. The molecule has 4 nitrogen and oxygen atoms in total. The number of hydrogen-bond acceptors (Lipinski definition) is 4. The zero-order chi connectivity index (χ0) is 18.4. The molecule has 1 N–H and O–H groups in total. The van der Waals surface area contributed by atoms with Gasteiger partial charge in [-0.3, -0.25) is 4.79 Å². The fourth-order valence-corrected chi connectivity index (χ4v) is 3.78. The number of nitrogens with one attached hydrogen (secondary N) is 1. The van der Waals surface area contributed by atoms with Gasteiger partial charge in [-0.05, 0) is 35.9 Å². The molecule has 3 rings (SSSR count). The Morgan fingerprint density at radius 3 is 2.65 bits per heavy atom. The minimum atomic E-state index is -0.373. The van der Waals surface area contributed by atoms with Crippen molar-refractivity contribution in [2.45, 2.75) is 11.0 Å². The average Bonchev–Trinajstić information content (AvgIpc) is 3.16. The van der Waals surface area contributed by atoms with Crippen LogP contribution < -0.4 is 10.1 Å². The third-order valence-electron chi connectivity index (χ3n) is 3.73. The van der Waals surface area contributed by atoms with Gasteiger partial charge in [-0.2, -0.15) is 0 Å². The molecule has 1 atom stereocenters. The van der Waals surface area contributed by atoms with Crippen molar-refractivity contribution in [2.24, 2.45) is 0 Å². The molecular formula is C20H18ClNO3S. The van der Waals surface area contributed by atoms with Gasteiger partial charge < -0.3 is 14.5 Å². The molecule has 1 aromatic heterocycles. The van der Waals surface area contributed by atoms with Crippen molar-refractivity contribution in [1.29, 1.82) is 0 Å². The molecule has 0 aliphatic heterocycles. The summed E-state index contributed by atoms with van der Waals surface area (Å²) in [6, 6.07) is 18.6. The number of amides is 1. The lowest BCUT2D eigenvalue weighted by molar-refractivity contribution is -0.115. The smallest absolute Gasteiger partial charge is 0.242 e. The number of rotatable bonds is 7. The van der Waals surface area contributed by atoms with Crippen LogP contribution >= 0.6 is 23.4 Å². The molecule has 0 saturated carbocycles. The molecule has 26 heavy (non-hydrogen) atoms. The van der Waals surface area contributed by atoms with Gasteiger partial charge in [0.05, 0.1) is 24.1 Å². The van der Waals surface area contributed by atoms with E-state index in [-0.39, 0.29) is 11.2 Å². The van der Waals surface area contributed by atoms with Gasteiger partial charge in [-0.25, -0.2) is 0 Å². The molecule has 134 valence electrons. The molecule has 1 heterocycles. The van der Waals surface area contributed by atoms with E-state index in [0.29, 0.717) is 22.2 Å². The van der Waals surface area contributed by atoms with E-state index in [2.05, 4.69) is 5.32 Å². The standard InChI is InChI=1S/C20H18ClNO3S/c1-24-18-10-9-15(12-17(18)21)22-20(23)19(14-6-3-2-4-7-14)26-13-16-8-5-11-25-16/h2-12,19H,13H2,1H3,(H,22,23). The summed E-state index contributed by atoms with van der Waals surface area (Å²) in [5.74, 6) is 1.88. The zero-order valence-electron chi connectivity index (χ0n) is 14.1. The summed E-state index contributed by atoms with van der Waals surface area (Å²) < 4.78 is 10.5. The number of thioether (sulfide) groups is 1. The third kappa shape index (κ3) is 4.62. The molecule has 0 saturated heterocycles. The number of carbonyl (C=O) groups excluding carboxylic acids is 1. The quantitative estimate of drug-likeness (QED) is 0.577. The van der Waals surface area contributed by atoms with Crippen LogP contribution in [0.5, 0.6) is 5.75 Å². The Bertz CT molecular complexity index is 853. The van der Waals surface area contributed by atoms with Crippen LogP contribution in [-0.4, -0.2) is 13.0 Å². The summed E-state index contributed by atoms with van der Waals surface area (Å²) in [6.07, 6.45) is 1.63. The molecule has 0 radical (unpaired) electrons. The summed E-state index contributed by atoms with van der Waals surface area (Å²) in [7, 11) is 1.55. The zero-order valence-corrected chi connectivity index (χ0v) is 15.7. The summed E-state index contributed by atoms with van der Waals surface area (Å²) in [4.78, 5) is 12.9. The molecule has 0 aliphatic rings. The minimum absolute atomic E-state index is 0.117. The van der Waals surface area contributed by atoms with Gasteiger partial charge in [0.25, 0.3) is 0 Å². The predicted octanol–water partition coefficient (Wildman–Crippen LogP) is 5.55. The number of anilines is 1. The van der Waals surface area contributed by atoms with E-state index in [0.717, 1.165) is 11.3 Å². The highest BCUT2D eigenvalue weighted by atomic mass is 35.5. The van der Waals surface area contributed by atoms with Gasteiger partial charge >= 0.3 is 0 Å². The predicted molar refractivity (Wildman–Crippen MR) is 106 cm³/mol. The van der Waals surface area contributed by atoms with Crippen molar-refractivity contribution in [3.63, 3.8) is 0 Å². The molecule has 6 heteroatoms. The van der Waals surface area contributed by atoms with Gasteiger partial charge in [0.2, 0.25) is 5.91 Å². The minimum Gasteiger partial charge on any atom is -0.495 e. The van der Waals surface area contributed by atoms with Crippen LogP contribution in [0.15, 0.2) is 71.3 Å². The van der Waals surface area contributed by atoms with Crippen molar-refractivity contribution in [1.82, 2.24) is 0 Å². The number of methoxy groups -OCH3 is 1. The largest absolute Gasteiger partial charge is 0.495 e. The van der Waals surface area contributed by atoms with Crippen LogP contribution in [0.3, 0.4) is 0 Å². The van der Waals surface area contributed by atoms with E-state index in [9.17, 15) is 4.79 Å². The van der Waals surface area contributed by atoms with Crippen molar-refractivity contribution in [3.8, 4) is 5.75 Å². The lowest BCUT2D eigenvalue weighted by atomic mass is 10.1. The summed E-state index contributed by atoms with van der Waals surface area (Å²) in [6.45, 7) is 0. The summed E-state index contributed by atoms with van der Waals surface area (Å²) in [5.41, 5.74) is 1.56. The lowest BCUT2D eigenvalue weighted by Gasteiger charge is -2.17. The highest BCUT2D eigenvalue weighted by Crippen LogP contribution is 2.34. The SMILES string of the molecule is COc1ccc(NC(=O)C(SCc2ccco2)c2ccccc2)cc1Cl. The van der Waals surface area contributed by atoms with Crippen LogP contribution in [0.2, 0.25) is 5.02 Å². The maximum absolute atomic E-state index is 12.9. The van der Waals surface area contributed by atoms with E-state index in [1.165, 1.54) is 11.8 Å². The Balaban J connectivity index is 1.76. The second kappa shape index (κ2) is 8.83. The molecule has 2 aromatic carbocycles. The molecular weight excluding hydrogens is 370 g/mol. The molecule has 0 aliphatic carbocycles. The van der Waals surface area contributed by atoms with Crippen LogP contribution in [-0.2, 0) is 10.5 Å². The van der Waals surface area contributed by atoms with Crippen molar-refractivity contribution < 1.29 is 13.9 Å². The highest BCUT2D eigenvalue weighted by Gasteiger charge is 2.22. The first-order chi connectivity index (χ1) is 12.7. The first-order valence-electron chi connectivity index (χ1n) is 8.00. The van der Waals surface area contributed by atoms with E-state index < -0.39 is 0 Å². The third-order valence-corrected chi connectivity index (χ3v) is 5.30. The monoisotopic (exact) mass is 387 g/mol. The summed E-state index contributed by atoms with van der Waals surface area (Å²) >= 11 is 7.65. The van der Waals surface area contributed by atoms with Crippen molar-refractivity contribution in [2.75, 3.05) is 12.4 Å². The fraction of sp³-hybridized carbons (Fsp3) is 0.150. The Morgan fingerprint density at radius 1 is 1.19 bits per heavy atom. The normalized spacial score (nSPS) is 11.8. The Morgan fingerprint density at radius 2 is 2.00 bits per heavy atom. The average molecular weight is 388 g/mol. The van der Waals surface area contributed by atoms with Crippen LogP contribution in [0.1, 0.15) is 16.6 Å². The van der Waals surface area contributed by atoms with Crippen LogP contribution in [0, 0.1) is 0 Å². The molecule has 0 bridgehead atoms. The van der Waals surface area contributed by atoms with E-state index in [1.54, 1.807) is 31.6 Å². The molecule has 1 unspecified atom stereocenters. The first-order valence-corrected chi connectivity index (χ1v) is 9.43.